The molecule has 3 aromatic heterocycles. The minimum absolute atomic E-state index is 0.106. The largest absolute Gasteiger partial charge is 0.456 e. The molecule has 0 radical (unpaired) electrons. The minimum Gasteiger partial charge on any atom is -0.456 e. The van der Waals surface area contributed by atoms with Gasteiger partial charge in [0.2, 0.25) is 0 Å². The summed E-state index contributed by atoms with van der Waals surface area (Å²) >= 11 is 0. The van der Waals surface area contributed by atoms with Crippen LogP contribution >= 0.6 is 0 Å². The van der Waals surface area contributed by atoms with Gasteiger partial charge in [0.25, 0.3) is 0 Å². The Hall–Kier alpha value is -6.07. The van der Waals surface area contributed by atoms with Crippen molar-refractivity contribution in [2.75, 3.05) is 0 Å². The van der Waals surface area contributed by atoms with E-state index in [0.717, 1.165) is 44.3 Å². The predicted molar refractivity (Wildman–Crippen MR) is 213 cm³/mol. The minimum atomic E-state index is 0.106. The second-order valence-corrected chi connectivity index (χ2v) is 15.5. The third kappa shape index (κ3) is 4.72. The molecule has 0 spiro atoms. The van der Waals surface area contributed by atoms with Gasteiger partial charge in [-0.25, -0.2) is 15.0 Å². The Morgan fingerprint density at radius 1 is 0.500 bits per heavy atom. The van der Waals surface area contributed by atoms with Gasteiger partial charge < -0.3 is 8.98 Å². The molecule has 0 amide bonds. The Balaban J connectivity index is 1.18. The van der Waals surface area contributed by atoms with E-state index >= 15 is 0 Å². The first kappa shape index (κ1) is 30.7. The van der Waals surface area contributed by atoms with Gasteiger partial charge in [0.05, 0.1) is 11.0 Å². The molecule has 52 heavy (non-hydrogen) atoms. The third-order valence-corrected chi connectivity index (χ3v) is 11.3. The van der Waals surface area contributed by atoms with Crippen LogP contribution in [0.4, 0.5) is 0 Å². The summed E-state index contributed by atoms with van der Waals surface area (Å²) in [5, 5.41) is 4.59. The zero-order valence-corrected chi connectivity index (χ0v) is 29.8. The summed E-state index contributed by atoms with van der Waals surface area (Å²) in [5.41, 5.74) is 11.1. The number of benzene rings is 6. The number of rotatable bonds is 4. The van der Waals surface area contributed by atoms with Crippen LogP contribution in [0.25, 0.3) is 83.6 Å². The van der Waals surface area contributed by atoms with Gasteiger partial charge in [-0.1, -0.05) is 119 Å². The Morgan fingerprint density at radius 2 is 1.12 bits per heavy atom. The molecule has 0 bridgehead atoms. The van der Waals surface area contributed by atoms with Gasteiger partial charge in [-0.3, -0.25) is 0 Å². The molecule has 0 fully saturated rings. The molecule has 3 heterocycles. The lowest BCUT2D eigenvalue weighted by molar-refractivity contribution is 0.332. The van der Waals surface area contributed by atoms with Crippen molar-refractivity contribution in [3.63, 3.8) is 0 Å². The summed E-state index contributed by atoms with van der Waals surface area (Å²) in [7, 11) is 0. The fourth-order valence-electron chi connectivity index (χ4n) is 8.38. The van der Waals surface area contributed by atoms with Crippen molar-refractivity contribution in [3.05, 3.63) is 145 Å². The number of aromatic nitrogens is 4. The number of nitrogens with zero attached hydrogens (tertiary/aromatic N) is 4. The highest BCUT2D eigenvalue weighted by molar-refractivity contribution is 6.13. The van der Waals surface area contributed by atoms with E-state index in [1.165, 1.54) is 45.8 Å². The molecule has 9 aromatic rings. The highest BCUT2D eigenvalue weighted by Gasteiger charge is 2.38. The van der Waals surface area contributed by atoms with Crippen LogP contribution in [-0.2, 0) is 10.8 Å². The van der Waals surface area contributed by atoms with Gasteiger partial charge in [-0.05, 0) is 71.2 Å². The Kier molecular flexibility index (Phi) is 6.63. The number of para-hydroxylation sites is 1. The molecule has 0 saturated heterocycles. The van der Waals surface area contributed by atoms with Crippen molar-refractivity contribution in [1.82, 2.24) is 19.5 Å². The fourth-order valence-corrected chi connectivity index (χ4v) is 8.38. The van der Waals surface area contributed by atoms with Gasteiger partial charge in [0.15, 0.2) is 17.5 Å². The van der Waals surface area contributed by atoms with E-state index in [4.69, 9.17) is 19.4 Å². The van der Waals surface area contributed by atoms with Crippen LogP contribution in [0, 0.1) is 0 Å². The molecule has 1 aliphatic carbocycles. The summed E-state index contributed by atoms with van der Waals surface area (Å²) in [6, 6.07) is 46.7. The quantitative estimate of drug-likeness (QED) is 0.186. The van der Waals surface area contributed by atoms with Gasteiger partial charge in [0, 0.05) is 50.0 Å². The van der Waals surface area contributed by atoms with E-state index in [9.17, 15) is 0 Å². The zero-order chi connectivity index (χ0) is 35.2. The van der Waals surface area contributed by atoms with Crippen LogP contribution in [0.15, 0.2) is 138 Å². The van der Waals surface area contributed by atoms with Crippen molar-refractivity contribution >= 4 is 43.7 Å². The monoisotopic (exact) mass is 674 g/mol. The van der Waals surface area contributed by atoms with E-state index in [-0.39, 0.29) is 10.8 Å². The van der Waals surface area contributed by atoms with Crippen LogP contribution in [0.2, 0.25) is 0 Å². The molecule has 0 atom stereocenters. The fraction of sp³-hybridized carbons (Fsp3) is 0.170. The van der Waals surface area contributed by atoms with E-state index in [1.807, 2.05) is 72.8 Å². The molecule has 6 aromatic carbocycles. The smallest absolute Gasteiger partial charge is 0.164 e. The normalized spacial score (nSPS) is 15.1. The first-order valence-electron chi connectivity index (χ1n) is 18.2. The molecule has 0 N–H and O–H groups in total. The lowest BCUT2D eigenvalue weighted by Gasteiger charge is -2.42. The lowest BCUT2D eigenvalue weighted by Crippen LogP contribution is -2.33. The maximum Gasteiger partial charge on any atom is 0.164 e. The molecular formula is C47H38N4O. The van der Waals surface area contributed by atoms with Gasteiger partial charge in [-0.15, -0.1) is 0 Å². The second kappa shape index (κ2) is 11.2. The third-order valence-electron chi connectivity index (χ3n) is 11.3. The van der Waals surface area contributed by atoms with Gasteiger partial charge in [0.1, 0.15) is 11.2 Å². The van der Waals surface area contributed by atoms with Crippen molar-refractivity contribution in [2.45, 2.75) is 51.4 Å². The molecule has 1 aliphatic rings. The van der Waals surface area contributed by atoms with Crippen LogP contribution in [-0.4, -0.2) is 19.5 Å². The molecule has 0 aliphatic heterocycles. The Bertz CT molecular complexity index is 2790. The van der Waals surface area contributed by atoms with Crippen molar-refractivity contribution in [3.8, 4) is 39.9 Å². The summed E-state index contributed by atoms with van der Waals surface area (Å²) in [5.74, 6) is 1.89. The Labute approximate surface area is 302 Å². The van der Waals surface area contributed by atoms with E-state index in [2.05, 4.69) is 92.9 Å². The average Bonchev–Trinajstić information content (AvgIpc) is 3.72. The van der Waals surface area contributed by atoms with Crippen LogP contribution in [0.1, 0.15) is 51.7 Å². The number of fused-ring (bicyclic) bond motifs is 7. The van der Waals surface area contributed by atoms with E-state index in [0.29, 0.717) is 17.5 Å². The first-order chi connectivity index (χ1) is 25.2. The molecule has 252 valence electrons. The SMILES string of the molecule is CC1(C)CCC(C)(C)c2cc3c(cc21)c1ccccc1n3-c1ccc2c(c1)oc1cccc(-c3nc(-c4ccccc4)nc(-c4ccccc4)n3)c12. The summed E-state index contributed by atoms with van der Waals surface area (Å²) in [6.07, 6.45) is 2.36. The molecule has 0 saturated carbocycles. The van der Waals surface area contributed by atoms with Gasteiger partial charge in [-0.2, -0.15) is 0 Å². The molecular weight excluding hydrogens is 637 g/mol. The summed E-state index contributed by atoms with van der Waals surface area (Å²) in [6.45, 7) is 9.60. The predicted octanol–water partition coefficient (Wildman–Crippen LogP) is 12.2. The topological polar surface area (TPSA) is 56.7 Å². The van der Waals surface area contributed by atoms with Crippen LogP contribution < -0.4 is 0 Å². The van der Waals surface area contributed by atoms with Crippen molar-refractivity contribution < 1.29 is 4.42 Å². The molecule has 0 unspecified atom stereocenters. The molecule has 10 rings (SSSR count). The van der Waals surface area contributed by atoms with Crippen molar-refractivity contribution in [1.29, 1.82) is 0 Å². The van der Waals surface area contributed by atoms with Crippen molar-refractivity contribution in [2.24, 2.45) is 0 Å². The van der Waals surface area contributed by atoms with Gasteiger partial charge >= 0.3 is 0 Å². The lowest BCUT2D eigenvalue weighted by atomic mass is 9.63. The number of hydrogen-bond donors (Lipinski definition) is 0. The second-order valence-electron chi connectivity index (χ2n) is 15.5. The number of hydrogen-bond acceptors (Lipinski definition) is 4. The maximum absolute atomic E-state index is 6.67. The van der Waals surface area contributed by atoms with E-state index < -0.39 is 0 Å². The van der Waals surface area contributed by atoms with E-state index in [1.54, 1.807) is 0 Å². The number of furan rings is 1. The highest BCUT2D eigenvalue weighted by Crippen LogP contribution is 2.49. The zero-order valence-electron chi connectivity index (χ0n) is 29.8. The van der Waals surface area contributed by atoms with Crippen LogP contribution in [0.5, 0.6) is 0 Å². The summed E-state index contributed by atoms with van der Waals surface area (Å²) < 4.78 is 9.09. The maximum atomic E-state index is 6.67. The first-order valence-corrected chi connectivity index (χ1v) is 18.2. The molecule has 5 nitrogen and oxygen atoms in total. The standard InChI is InChI=1S/C47H38N4O/c1-46(2)24-25-47(3,4)37-28-39-35(27-36(37)46)32-18-11-12-20-38(32)51(39)31-22-23-33-41(26-31)52-40-21-13-19-34(42(33)40)45-49-43(29-14-7-5-8-15-29)48-44(50-45)30-16-9-6-10-17-30/h5-23,26-28H,24-25H2,1-4H3. The summed E-state index contributed by atoms with van der Waals surface area (Å²) in [4.78, 5) is 15.0. The average molecular weight is 675 g/mol. The van der Waals surface area contributed by atoms with Crippen LogP contribution in [0.3, 0.4) is 0 Å². The molecule has 5 heteroatoms. The highest BCUT2D eigenvalue weighted by atomic mass is 16.3. The Morgan fingerprint density at radius 3 is 1.81 bits per heavy atom.